The maximum Gasteiger partial charge on any atom is 0.143 e. The minimum absolute atomic E-state index is 0.0386. The lowest BCUT2D eigenvalue weighted by Gasteiger charge is -2.35. The van der Waals surface area contributed by atoms with Crippen LogP contribution in [0, 0.1) is 0 Å². The van der Waals surface area contributed by atoms with Crippen molar-refractivity contribution in [2.75, 3.05) is 4.90 Å². The Morgan fingerprint density at radius 1 is 0.246 bits per heavy atom. The topological polar surface area (TPSA) is 29.5 Å². The SMILES string of the molecule is CCCCCCCCC1c2cc3c(cc2-c2c1ccc1oc4ccccc4c21)C(CCCCCCCC)(CCCCCCCC)c1cc(N(c2ccc4c(c2)C(C)(C)c2cc(-c5ccc(-c6ccc7c(c6)C(C)(C)c6cc(-c8ccc9c(c8)C(CCCCCCC)(CCCCCCC)c8ccccc8-9)ccc6-7)cc5)c5oc6ccccc6c5c2-4)c2ccccc2-c2ccccc2)ccc1-3. The van der Waals surface area contributed by atoms with Gasteiger partial charge in [0.25, 0.3) is 0 Å². The number of furan rings is 2. The fourth-order valence-electron chi connectivity index (χ4n) is 26.0. The van der Waals surface area contributed by atoms with Crippen molar-refractivity contribution in [2.45, 2.75) is 302 Å². The first-order chi connectivity index (χ1) is 65.8. The van der Waals surface area contributed by atoms with Gasteiger partial charge in [0.05, 0.1) is 5.69 Å². The van der Waals surface area contributed by atoms with Gasteiger partial charge in [0, 0.05) is 71.6 Å². The van der Waals surface area contributed by atoms with Crippen LogP contribution in [0.3, 0.4) is 0 Å². The largest absolute Gasteiger partial charge is 0.456 e. The van der Waals surface area contributed by atoms with Crippen LogP contribution in [0.4, 0.5) is 17.1 Å². The van der Waals surface area contributed by atoms with Gasteiger partial charge in [-0.25, -0.2) is 0 Å². The van der Waals surface area contributed by atoms with Gasteiger partial charge in [-0.3, -0.25) is 0 Å². The Labute approximate surface area is 799 Å². The molecule has 0 bridgehead atoms. The van der Waals surface area contributed by atoms with Gasteiger partial charge in [-0.1, -0.05) is 430 Å². The monoisotopic (exact) mass is 1760 g/mol. The van der Waals surface area contributed by atoms with Gasteiger partial charge in [0.2, 0.25) is 0 Å². The number of fused-ring (bicyclic) bond motifs is 23. The number of anilines is 3. The highest BCUT2D eigenvalue weighted by Gasteiger charge is 2.48. The van der Waals surface area contributed by atoms with Crippen molar-refractivity contribution in [3.63, 3.8) is 0 Å². The van der Waals surface area contributed by atoms with Crippen molar-refractivity contribution in [1.82, 2.24) is 0 Å². The van der Waals surface area contributed by atoms with E-state index >= 15 is 0 Å². The van der Waals surface area contributed by atoms with Crippen LogP contribution in [0.5, 0.6) is 0 Å². The van der Waals surface area contributed by atoms with Crippen molar-refractivity contribution in [1.29, 1.82) is 0 Å². The van der Waals surface area contributed by atoms with E-state index in [0.717, 1.165) is 63.8 Å². The molecular weight excluding hydrogens is 1620 g/mol. The average molecular weight is 1760 g/mol. The third-order valence-electron chi connectivity index (χ3n) is 33.1. The van der Waals surface area contributed by atoms with Crippen LogP contribution >= 0.6 is 0 Å². The van der Waals surface area contributed by atoms with Crippen LogP contribution in [0.1, 0.15) is 336 Å². The molecule has 3 nitrogen and oxygen atoms in total. The first-order valence-electron chi connectivity index (χ1n) is 52.8. The summed E-state index contributed by atoms with van der Waals surface area (Å²) in [4.78, 5) is 2.66. The Kier molecular flexibility index (Phi) is 25.2. The second-order valence-electron chi connectivity index (χ2n) is 42.1. The summed E-state index contributed by atoms with van der Waals surface area (Å²) in [7, 11) is 0. The summed E-state index contributed by atoms with van der Waals surface area (Å²) in [6, 6.07) is 108. The zero-order valence-corrected chi connectivity index (χ0v) is 81.7. The summed E-state index contributed by atoms with van der Waals surface area (Å²) in [6.45, 7) is 21.6. The highest BCUT2D eigenvalue weighted by Crippen LogP contribution is 2.64. The van der Waals surface area contributed by atoms with E-state index in [2.05, 4.69) is 340 Å². The predicted molar refractivity (Wildman–Crippen MR) is 573 cm³/mol. The Morgan fingerprint density at radius 2 is 0.657 bits per heavy atom. The molecule has 0 saturated heterocycles. The van der Waals surface area contributed by atoms with Crippen LogP contribution in [0.15, 0.2) is 282 Å². The molecule has 0 spiro atoms. The number of benzene rings is 14. The van der Waals surface area contributed by atoms with E-state index in [9.17, 15) is 0 Å². The maximum atomic E-state index is 7.29. The Balaban J connectivity index is 0.644. The highest BCUT2D eigenvalue weighted by atomic mass is 16.3. The molecule has 2 aromatic heterocycles. The number of hydrogen-bond donors (Lipinski definition) is 0. The molecule has 0 aliphatic heterocycles. The van der Waals surface area contributed by atoms with E-state index in [0.29, 0.717) is 5.92 Å². The van der Waals surface area contributed by atoms with Gasteiger partial charge in [-0.2, -0.15) is 0 Å². The molecule has 0 N–H and O–H groups in total. The first kappa shape index (κ1) is 89.0. The fourth-order valence-corrected chi connectivity index (χ4v) is 26.0. The minimum atomic E-state index is -0.411. The van der Waals surface area contributed by atoms with E-state index in [1.54, 1.807) is 16.7 Å². The van der Waals surface area contributed by atoms with Gasteiger partial charge in [0.15, 0.2) is 0 Å². The summed E-state index contributed by atoms with van der Waals surface area (Å²) in [5.74, 6) is 0.311. The molecule has 5 aliphatic carbocycles. The van der Waals surface area contributed by atoms with Crippen molar-refractivity contribution in [2.24, 2.45) is 0 Å². The number of rotatable bonds is 40. The highest BCUT2D eigenvalue weighted by molar-refractivity contribution is 6.19. The molecule has 2 heterocycles. The smallest absolute Gasteiger partial charge is 0.143 e. The summed E-state index contributed by atoms with van der Waals surface area (Å²) in [6.07, 6.45) is 41.7. The molecule has 0 amide bonds. The summed E-state index contributed by atoms with van der Waals surface area (Å²) in [5.41, 5.74) is 45.0. The number of nitrogens with zero attached hydrogens (tertiary/aromatic N) is 1. The second-order valence-corrected chi connectivity index (χ2v) is 42.1. The maximum absolute atomic E-state index is 7.29. The van der Waals surface area contributed by atoms with Crippen LogP contribution < -0.4 is 4.90 Å². The van der Waals surface area contributed by atoms with Gasteiger partial charge in [0.1, 0.15) is 22.3 Å². The van der Waals surface area contributed by atoms with Gasteiger partial charge in [-0.05, 0) is 262 Å². The minimum Gasteiger partial charge on any atom is -0.456 e. The molecule has 3 heteroatoms. The number of hydrogen-bond acceptors (Lipinski definition) is 3. The van der Waals surface area contributed by atoms with Crippen LogP contribution in [0.25, 0.3) is 144 Å². The molecule has 0 radical (unpaired) electrons. The number of para-hydroxylation sites is 3. The molecule has 680 valence electrons. The Morgan fingerprint density at radius 3 is 1.27 bits per heavy atom. The molecular formula is C131H139NO2. The third kappa shape index (κ3) is 15.7. The quantitative estimate of drug-likeness (QED) is 0.0359. The van der Waals surface area contributed by atoms with E-state index in [4.69, 9.17) is 8.83 Å². The van der Waals surface area contributed by atoms with Crippen LogP contribution in [0.2, 0.25) is 0 Å². The van der Waals surface area contributed by atoms with Gasteiger partial charge < -0.3 is 13.7 Å². The van der Waals surface area contributed by atoms with E-state index in [1.165, 1.54) is 348 Å². The van der Waals surface area contributed by atoms with Gasteiger partial charge in [-0.15, -0.1) is 0 Å². The third-order valence-corrected chi connectivity index (χ3v) is 33.1. The molecule has 5 aliphatic rings. The first-order valence-corrected chi connectivity index (χ1v) is 52.8. The Hall–Kier alpha value is -11.5. The van der Waals surface area contributed by atoms with Crippen LogP contribution in [-0.4, -0.2) is 0 Å². The molecule has 1 atom stereocenters. The van der Waals surface area contributed by atoms with E-state index in [1.807, 2.05) is 0 Å². The average Bonchev–Trinajstić information content (AvgIpc) is 1.53. The molecule has 0 saturated carbocycles. The predicted octanol–water partition coefficient (Wildman–Crippen LogP) is 39.9. The van der Waals surface area contributed by atoms with Crippen molar-refractivity contribution in [3.8, 4) is 100 Å². The molecule has 21 rings (SSSR count). The summed E-state index contributed by atoms with van der Waals surface area (Å²) >= 11 is 0. The number of unbranched alkanes of at least 4 members (excludes halogenated alkanes) is 23. The lowest BCUT2D eigenvalue weighted by atomic mass is 9.70. The molecule has 1 unspecified atom stereocenters. The van der Waals surface area contributed by atoms with Gasteiger partial charge >= 0.3 is 0 Å². The standard InChI is InChI=1S/C131H139NO2/c1-10-15-20-25-28-36-52-97-103-74-75-122-125(105-54-39-43-58-120(105)133-122)123(103)110-87-117-109(85-108(97)110)102-72-67-95(84-116(102)131(117,78-47-31-26-21-16-11-2)79-48-32-27-22-17-12-3)132(119-57-42-38-51-96(119)89-49-34-33-35-50-89)94-68-73-104-114(83-94)129(8,9)118-86-107(127-126(124(104)118)106-55-40-44-59-121(106)134-127)90-62-60-88(61-63-90)91-64-69-99-100-70-65-92(81-113(100)128(6,7)112(99)80-91)93-66-71-101-98-53-37-41-56-111(98)130(115(101)82-93,76-45-29-23-18-13-4)77-46-30-24-19-14-5/h33-35,37-44,49-51,53-75,80-87,97H,10-32,36,45-48,52,76-79H2,1-9H3. The van der Waals surface area contributed by atoms with E-state index < -0.39 is 5.41 Å². The molecule has 0 fully saturated rings. The zero-order valence-electron chi connectivity index (χ0n) is 81.7. The Bertz CT molecular complexity index is 6980. The summed E-state index contributed by atoms with van der Waals surface area (Å²) < 4.78 is 14.1. The summed E-state index contributed by atoms with van der Waals surface area (Å²) in [5, 5.41) is 4.87. The zero-order chi connectivity index (χ0) is 91.2. The van der Waals surface area contributed by atoms with Crippen molar-refractivity contribution in [3.05, 3.63) is 329 Å². The molecule has 16 aromatic rings. The lowest BCUT2D eigenvalue weighted by Crippen LogP contribution is -2.26. The van der Waals surface area contributed by atoms with Crippen LogP contribution in [-0.2, 0) is 21.7 Å². The van der Waals surface area contributed by atoms with Crippen molar-refractivity contribution >= 4 is 60.9 Å². The second kappa shape index (κ2) is 38.0. The van der Waals surface area contributed by atoms with Crippen molar-refractivity contribution < 1.29 is 8.83 Å². The normalized spacial score (nSPS) is 15.0. The van der Waals surface area contributed by atoms with E-state index in [-0.39, 0.29) is 16.2 Å². The molecule has 134 heavy (non-hydrogen) atoms. The lowest BCUT2D eigenvalue weighted by molar-refractivity contribution is 0.398. The fraction of sp³-hybridized carbons (Fsp3) is 0.359. The molecule has 14 aromatic carbocycles.